The number of aromatic amines is 1. The molecular weight excluding hydrogens is 188 g/mol. The van der Waals surface area contributed by atoms with Crippen LogP contribution in [0, 0.1) is 6.92 Å². The van der Waals surface area contributed by atoms with E-state index in [1.165, 1.54) is 16.6 Å². The molecule has 0 saturated carbocycles. The molecule has 0 aliphatic rings. The minimum Gasteiger partial charge on any atom is -0.381 e. The zero-order valence-electron chi connectivity index (χ0n) is 9.12. The van der Waals surface area contributed by atoms with Crippen molar-refractivity contribution >= 4 is 10.9 Å². The first kappa shape index (κ1) is 10.2. The SMILES string of the molecule is Cc1[nH]c2ccccc2c1CN(C)CO. The monoisotopic (exact) mass is 204 g/mol. The molecule has 0 fully saturated rings. The third-order valence-electron chi connectivity index (χ3n) is 2.70. The van der Waals surface area contributed by atoms with Crippen LogP contribution in [0.4, 0.5) is 0 Å². The van der Waals surface area contributed by atoms with Gasteiger partial charge >= 0.3 is 0 Å². The van der Waals surface area contributed by atoms with E-state index in [2.05, 4.69) is 24.0 Å². The fraction of sp³-hybridized carbons (Fsp3) is 0.333. The molecule has 15 heavy (non-hydrogen) atoms. The normalized spacial score (nSPS) is 11.5. The maximum absolute atomic E-state index is 9.01. The molecule has 1 aromatic carbocycles. The van der Waals surface area contributed by atoms with Crippen molar-refractivity contribution in [1.29, 1.82) is 0 Å². The molecule has 0 aliphatic heterocycles. The lowest BCUT2D eigenvalue weighted by atomic mass is 10.1. The molecule has 0 aliphatic carbocycles. The fourth-order valence-corrected chi connectivity index (χ4v) is 1.86. The van der Waals surface area contributed by atoms with Gasteiger partial charge in [0.15, 0.2) is 0 Å². The van der Waals surface area contributed by atoms with Crippen molar-refractivity contribution in [3.8, 4) is 0 Å². The molecule has 80 valence electrons. The molecule has 2 N–H and O–H groups in total. The highest BCUT2D eigenvalue weighted by atomic mass is 16.3. The minimum absolute atomic E-state index is 0.0823. The molecule has 3 heteroatoms. The molecule has 0 unspecified atom stereocenters. The number of rotatable bonds is 3. The molecule has 2 rings (SSSR count). The Hall–Kier alpha value is -1.32. The Labute approximate surface area is 89.3 Å². The highest BCUT2D eigenvalue weighted by molar-refractivity contribution is 5.84. The number of nitrogens with one attached hydrogen (secondary N) is 1. The second-order valence-electron chi connectivity index (χ2n) is 3.93. The Kier molecular flexibility index (Phi) is 2.75. The van der Waals surface area contributed by atoms with Crippen LogP contribution in [-0.2, 0) is 6.54 Å². The molecule has 1 aromatic heterocycles. The summed E-state index contributed by atoms with van der Waals surface area (Å²) in [6.07, 6.45) is 0. The third kappa shape index (κ3) is 1.89. The number of aryl methyl sites for hydroxylation is 1. The zero-order valence-corrected chi connectivity index (χ0v) is 9.12. The maximum Gasteiger partial charge on any atom is 0.0956 e. The molecular formula is C12H16N2O. The number of hydrogen-bond donors (Lipinski definition) is 2. The van der Waals surface area contributed by atoms with Gasteiger partial charge in [-0.05, 0) is 25.6 Å². The average Bonchev–Trinajstić information content (AvgIpc) is 2.55. The predicted octanol–water partition coefficient (Wildman–Crippen LogP) is 1.86. The summed E-state index contributed by atoms with van der Waals surface area (Å²) in [5.74, 6) is 0. The van der Waals surface area contributed by atoms with Crippen LogP contribution in [0.2, 0.25) is 0 Å². The summed E-state index contributed by atoms with van der Waals surface area (Å²) in [4.78, 5) is 5.23. The second-order valence-corrected chi connectivity index (χ2v) is 3.93. The summed E-state index contributed by atoms with van der Waals surface area (Å²) < 4.78 is 0. The highest BCUT2D eigenvalue weighted by Gasteiger charge is 2.09. The first-order valence-corrected chi connectivity index (χ1v) is 5.08. The number of hydrogen-bond acceptors (Lipinski definition) is 2. The van der Waals surface area contributed by atoms with Crippen molar-refractivity contribution in [3.05, 3.63) is 35.5 Å². The summed E-state index contributed by atoms with van der Waals surface area (Å²) in [5, 5.41) is 10.3. The third-order valence-corrected chi connectivity index (χ3v) is 2.70. The number of H-pyrrole nitrogens is 1. The van der Waals surface area contributed by atoms with Gasteiger partial charge in [-0.3, -0.25) is 4.90 Å². The lowest BCUT2D eigenvalue weighted by molar-refractivity contribution is 0.127. The van der Waals surface area contributed by atoms with Crippen LogP contribution in [0.25, 0.3) is 10.9 Å². The molecule has 0 amide bonds. The van der Waals surface area contributed by atoms with Crippen LogP contribution in [0.3, 0.4) is 0 Å². The summed E-state index contributed by atoms with van der Waals surface area (Å²) in [6, 6.07) is 8.25. The standard InChI is InChI=1S/C12H16N2O/c1-9-11(7-14(2)8-15)10-5-3-4-6-12(10)13-9/h3-6,13,15H,7-8H2,1-2H3. The van der Waals surface area contributed by atoms with Crippen molar-refractivity contribution in [3.63, 3.8) is 0 Å². The van der Waals surface area contributed by atoms with E-state index in [0.717, 1.165) is 12.1 Å². The molecule has 0 spiro atoms. The van der Waals surface area contributed by atoms with Gasteiger partial charge < -0.3 is 10.1 Å². The van der Waals surface area contributed by atoms with E-state index < -0.39 is 0 Å². The number of aliphatic hydroxyl groups is 1. The van der Waals surface area contributed by atoms with Gasteiger partial charge in [0, 0.05) is 23.1 Å². The van der Waals surface area contributed by atoms with E-state index in [1.54, 1.807) is 0 Å². The first-order chi connectivity index (χ1) is 7.22. The predicted molar refractivity (Wildman–Crippen MR) is 61.6 cm³/mol. The van der Waals surface area contributed by atoms with Crippen LogP contribution in [-0.4, -0.2) is 28.8 Å². The molecule has 0 bridgehead atoms. The Balaban J connectivity index is 2.45. The number of aromatic nitrogens is 1. The Morgan fingerprint density at radius 3 is 2.80 bits per heavy atom. The summed E-state index contributed by atoms with van der Waals surface area (Å²) in [7, 11) is 1.90. The van der Waals surface area contributed by atoms with Gasteiger partial charge in [-0.2, -0.15) is 0 Å². The first-order valence-electron chi connectivity index (χ1n) is 5.08. The zero-order chi connectivity index (χ0) is 10.8. The van der Waals surface area contributed by atoms with E-state index >= 15 is 0 Å². The molecule has 0 saturated heterocycles. The van der Waals surface area contributed by atoms with E-state index in [0.29, 0.717) is 0 Å². The van der Waals surface area contributed by atoms with Crippen molar-refractivity contribution in [2.75, 3.05) is 13.8 Å². The second kappa shape index (κ2) is 4.04. The number of fused-ring (bicyclic) bond motifs is 1. The number of nitrogens with zero attached hydrogens (tertiary/aromatic N) is 1. The van der Waals surface area contributed by atoms with Crippen LogP contribution in [0.15, 0.2) is 24.3 Å². The summed E-state index contributed by atoms with van der Waals surface area (Å²) in [6.45, 7) is 2.92. The van der Waals surface area contributed by atoms with Gasteiger partial charge in [-0.1, -0.05) is 18.2 Å². The maximum atomic E-state index is 9.01. The van der Waals surface area contributed by atoms with Gasteiger partial charge in [-0.25, -0.2) is 0 Å². The Morgan fingerprint density at radius 2 is 2.07 bits per heavy atom. The average molecular weight is 204 g/mol. The molecule has 0 radical (unpaired) electrons. The molecule has 1 heterocycles. The van der Waals surface area contributed by atoms with Crippen molar-refractivity contribution in [1.82, 2.24) is 9.88 Å². The van der Waals surface area contributed by atoms with Gasteiger partial charge in [0.25, 0.3) is 0 Å². The molecule has 2 aromatic rings. The van der Waals surface area contributed by atoms with Crippen LogP contribution >= 0.6 is 0 Å². The van der Waals surface area contributed by atoms with Crippen LogP contribution in [0.5, 0.6) is 0 Å². The fourth-order valence-electron chi connectivity index (χ4n) is 1.86. The molecule has 0 atom stereocenters. The van der Waals surface area contributed by atoms with Crippen LogP contribution in [0.1, 0.15) is 11.3 Å². The lowest BCUT2D eigenvalue weighted by Crippen LogP contribution is -2.18. The van der Waals surface area contributed by atoms with Gasteiger partial charge in [0.2, 0.25) is 0 Å². The van der Waals surface area contributed by atoms with Gasteiger partial charge in [0.05, 0.1) is 6.73 Å². The van der Waals surface area contributed by atoms with Crippen molar-refractivity contribution < 1.29 is 5.11 Å². The smallest absolute Gasteiger partial charge is 0.0956 e. The Morgan fingerprint density at radius 1 is 1.33 bits per heavy atom. The van der Waals surface area contributed by atoms with Gasteiger partial charge in [-0.15, -0.1) is 0 Å². The quantitative estimate of drug-likeness (QED) is 0.749. The minimum atomic E-state index is 0.0823. The summed E-state index contributed by atoms with van der Waals surface area (Å²) in [5.41, 5.74) is 3.61. The number of benzene rings is 1. The number of para-hydroxylation sites is 1. The number of aliphatic hydroxyl groups excluding tert-OH is 1. The van der Waals surface area contributed by atoms with Crippen molar-refractivity contribution in [2.24, 2.45) is 0 Å². The summed E-state index contributed by atoms with van der Waals surface area (Å²) >= 11 is 0. The lowest BCUT2D eigenvalue weighted by Gasteiger charge is -2.12. The topological polar surface area (TPSA) is 39.3 Å². The molecule has 3 nitrogen and oxygen atoms in total. The largest absolute Gasteiger partial charge is 0.381 e. The van der Waals surface area contributed by atoms with Crippen LogP contribution < -0.4 is 0 Å². The van der Waals surface area contributed by atoms with E-state index in [9.17, 15) is 0 Å². The van der Waals surface area contributed by atoms with Crippen molar-refractivity contribution in [2.45, 2.75) is 13.5 Å². The van der Waals surface area contributed by atoms with E-state index in [-0.39, 0.29) is 6.73 Å². The highest BCUT2D eigenvalue weighted by Crippen LogP contribution is 2.22. The van der Waals surface area contributed by atoms with E-state index in [1.807, 2.05) is 24.1 Å². The van der Waals surface area contributed by atoms with E-state index in [4.69, 9.17) is 5.11 Å². The Bertz CT molecular complexity index is 462. The van der Waals surface area contributed by atoms with Gasteiger partial charge in [0.1, 0.15) is 0 Å².